The Morgan fingerprint density at radius 3 is 2.41 bits per heavy atom. The van der Waals surface area contributed by atoms with E-state index in [0.29, 0.717) is 0 Å². The Morgan fingerprint density at radius 2 is 1.65 bits per heavy atom. The van der Waals surface area contributed by atoms with Gasteiger partial charge in [0.25, 0.3) is 0 Å². The van der Waals surface area contributed by atoms with Crippen LogP contribution < -0.4 is 0 Å². The lowest BCUT2D eigenvalue weighted by Crippen LogP contribution is -1.91. The van der Waals surface area contributed by atoms with Crippen molar-refractivity contribution in [2.75, 3.05) is 0 Å². The number of nitrogens with zero attached hydrogens (tertiary/aromatic N) is 2. The highest BCUT2D eigenvalue weighted by Gasteiger charge is 2.05. The number of para-hydroxylation sites is 1. The SMILES string of the molecule is Cc1cc2ncn(-c3ccccc3)c2cc1C. The molecule has 3 aromatic rings. The molecule has 3 rings (SSSR count). The fourth-order valence-corrected chi connectivity index (χ4v) is 2.06. The third-order valence-corrected chi connectivity index (χ3v) is 3.20. The van der Waals surface area contributed by atoms with Crippen molar-refractivity contribution in [2.45, 2.75) is 13.8 Å². The van der Waals surface area contributed by atoms with Gasteiger partial charge in [-0.3, -0.25) is 4.57 Å². The molecule has 84 valence electrons. The van der Waals surface area contributed by atoms with Crippen LogP contribution >= 0.6 is 0 Å². The number of rotatable bonds is 1. The summed E-state index contributed by atoms with van der Waals surface area (Å²) in [7, 11) is 0. The molecule has 0 saturated heterocycles. The van der Waals surface area contributed by atoms with E-state index in [0.717, 1.165) is 11.2 Å². The second-order valence-electron chi connectivity index (χ2n) is 4.38. The predicted octanol–water partition coefficient (Wildman–Crippen LogP) is 3.64. The molecule has 0 amide bonds. The zero-order valence-corrected chi connectivity index (χ0v) is 10.0. The van der Waals surface area contributed by atoms with E-state index in [1.54, 1.807) is 0 Å². The van der Waals surface area contributed by atoms with E-state index in [1.807, 2.05) is 24.5 Å². The maximum absolute atomic E-state index is 4.46. The number of benzene rings is 2. The molecule has 1 heterocycles. The summed E-state index contributed by atoms with van der Waals surface area (Å²) < 4.78 is 2.13. The molecular formula is C15H14N2. The van der Waals surface area contributed by atoms with Crippen LogP contribution in [0.15, 0.2) is 48.8 Å². The number of hydrogen-bond acceptors (Lipinski definition) is 1. The molecule has 0 unspecified atom stereocenters. The van der Waals surface area contributed by atoms with Crippen LogP contribution in [0.4, 0.5) is 0 Å². The first kappa shape index (κ1) is 10.1. The Bertz CT molecular complexity index is 666. The van der Waals surface area contributed by atoms with Gasteiger partial charge in [0.05, 0.1) is 11.0 Å². The van der Waals surface area contributed by atoms with Crippen LogP contribution in [0, 0.1) is 13.8 Å². The lowest BCUT2D eigenvalue weighted by Gasteiger charge is -2.05. The number of aryl methyl sites for hydroxylation is 2. The Kier molecular flexibility index (Phi) is 2.22. The van der Waals surface area contributed by atoms with Gasteiger partial charge in [0, 0.05) is 5.69 Å². The Balaban J connectivity index is 2.29. The standard InChI is InChI=1S/C15H14N2/c1-11-8-14-15(9-12(11)2)17(10-16-14)13-6-4-3-5-7-13/h3-10H,1-2H3. The van der Waals surface area contributed by atoms with E-state index in [4.69, 9.17) is 0 Å². The number of fused-ring (bicyclic) bond motifs is 1. The molecule has 0 radical (unpaired) electrons. The van der Waals surface area contributed by atoms with Crippen molar-refractivity contribution in [3.8, 4) is 5.69 Å². The topological polar surface area (TPSA) is 17.8 Å². The number of aromatic nitrogens is 2. The molecule has 2 aromatic carbocycles. The minimum absolute atomic E-state index is 1.05. The van der Waals surface area contributed by atoms with E-state index >= 15 is 0 Å². The van der Waals surface area contributed by atoms with Gasteiger partial charge in [0.15, 0.2) is 0 Å². The van der Waals surface area contributed by atoms with Crippen LogP contribution in [-0.2, 0) is 0 Å². The average Bonchev–Trinajstić information content (AvgIpc) is 2.74. The third-order valence-electron chi connectivity index (χ3n) is 3.20. The fraction of sp³-hybridized carbons (Fsp3) is 0.133. The first-order valence-corrected chi connectivity index (χ1v) is 5.75. The molecule has 1 aromatic heterocycles. The highest BCUT2D eigenvalue weighted by molar-refractivity contribution is 5.79. The minimum atomic E-state index is 1.05. The van der Waals surface area contributed by atoms with E-state index in [1.165, 1.54) is 16.6 Å². The van der Waals surface area contributed by atoms with Crippen molar-refractivity contribution < 1.29 is 0 Å². The molecule has 2 nitrogen and oxygen atoms in total. The molecule has 17 heavy (non-hydrogen) atoms. The second-order valence-corrected chi connectivity index (χ2v) is 4.38. The van der Waals surface area contributed by atoms with Gasteiger partial charge < -0.3 is 0 Å². The molecular weight excluding hydrogens is 208 g/mol. The van der Waals surface area contributed by atoms with Crippen molar-refractivity contribution >= 4 is 11.0 Å². The Labute approximate surface area is 101 Å². The number of hydrogen-bond donors (Lipinski definition) is 0. The van der Waals surface area contributed by atoms with Crippen LogP contribution in [0.3, 0.4) is 0 Å². The van der Waals surface area contributed by atoms with Crippen LogP contribution in [0.25, 0.3) is 16.7 Å². The van der Waals surface area contributed by atoms with Gasteiger partial charge in [0.1, 0.15) is 6.33 Å². The summed E-state index contributed by atoms with van der Waals surface area (Å²) in [5, 5.41) is 0. The van der Waals surface area contributed by atoms with E-state index < -0.39 is 0 Å². The van der Waals surface area contributed by atoms with E-state index in [2.05, 4.69) is 47.7 Å². The average molecular weight is 222 g/mol. The van der Waals surface area contributed by atoms with E-state index in [9.17, 15) is 0 Å². The van der Waals surface area contributed by atoms with Crippen LogP contribution in [0.5, 0.6) is 0 Å². The summed E-state index contributed by atoms with van der Waals surface area (Å²) >= 11 is 0. The first-order chi connectivity index (χ1) is 8.25. The van der Waals surface area contributed by atoms with Crippen LogP contribution in [0.1, 0.15) is 11.1 Å². The normalized spacial score (nSPS) is 10.9. The summed E-state index contributed by atoms with van der Waals surface area (Å²) in [5.74, 6) is 0. The van der Waals surface area contributed by atoms with Gasteiger partial charge in [-0.1, -0.05) is 18.2 Å². The molecule has 0 N–H and O–H groups in total. The van der Waals surface area contributed by atoms with E-state index in [-0.39, 0.29) is 0 Å². The monoisotopic (exact) mass is 222 g/mol. The Hall–Kier alpha value is -2.09. The minimum Gasteiger partial charge on any atom is -0.299 e. The summed E-state index contributed by atoms with van der Waals surface area (Å²) in [6.07, 6.45) is 1.89. The quantitative estimate of drug-likeness (QED) is 0.614. The molecule has 0 saturated carbocycles. The largest absolute Gasteiger partial charge is 0.299 e. The lowest BCUT2D eigenvalue weighted by atomic mass is 10.1. The zero-order chi connectivity index (χ0) is 11.8. The van der Waals surface area contributed by atoms with Crippen molar-refractivity contribution in [2.24, 2.45) is 0 Å². The van der Waals surface area contributed by atoms with Crippen molar-refractivity contribution in [1.82, 2.24) is 9.55 Å². The lowest BCUT2D eigenvalue weighted by molar-refractivity contribution is 1.09. The van der Waals surface area contributed by atoms with Crippen molar-refractivity contribution in [3.05, 3.63) is 59.9 Å². The molecule has 2 heteroatoms. The maximum atomic E-state index is 4.46. The zero-order valence-electron chi connectivity index (χ0n) is 10.0. The van der Waals surface area contributed by atoms with Gasteiger partial charge in [-0.2, -0.15) is 0 Å². The molecule has 0 spiro atoms. The highest BCUT2D eigenvalue weighted by Crippen LogP contribution is 2.21. The van der Waals surface area contributed by atoms with Gasteiger partial charge in [-0.25, -0.2) is 4.98 Å². The van der Waals surface area contributed by atoms with Crippen molar-refractivity contribution in [3.63, 3.8) is 0 Å². The smallest absolute Gasteiger partial charge is 0.100 e. The third kappa shape index (κ3) is 1.62. The van der Waals surface area contributed by atoms with Gasteiger partial charge >= 0.3 is 0 Å². The van der Waals surface area contributed by atoms with Crippen LogP contribution in [-0.4, -0.2) is 9.55 Å². The fourth-order valence-electron chi connectivity index (χ4n) is 2.06. The molecule has 0 aliphatic heterocycles. The maximum Gasteiger partial charge on any atom is 0.100 e. The van der Waals surface area contributed by atoms with Gasteiger partial charge in [-0.05, 0) is 49.2 Å². The molecule has 0 atom stereocenters. The Morgan fingerprint density at radius 1 is 0.941 bits per heavy atom. The molecule has 0 aliphatic carbocycles. The summed E-state index contributed by atoms with van der Waals surface area (Å²) in [6.45, 7) is 4.26. The molecule has 0 bridgehead atoms. The van der Waals surface area contributed by atoms with Gasteiger partial charge in [0.2, 0.25) is 0 Å². The predicted molar refractivity (Wildman–Crippen MR) is 70.5 cm³/mol. The van der Waals surface area contributed by atoms with Gasteiger partial charge in [-0.15, -0.1) is 0 Å². The molecule has 0 fully saturated rings. The highest BCUT2D eigenvalue weighted by atomic mass is 15.0. The molecule has 0 aliphatic rings. The van der Waals surface area contributed by atoms with Crippen LogP contribution in [0.2, 0.25) is 0 Å². The van der Waals surface area contributed by atoms with Crippen molar-refractivity contribution in [1.29, 1.82) is 0 Å². The summed E-state index contributed by atoms with van der Waals surface area (Å²) in [4.78, 5) is 4.46. The second kappa shape index (κ2) is 3.74. The first-order valence-electron chi connectivity index (χ1n) is 5.75. The summed E-state index contributed by atoms with van der Waals surface area (Å²) in [5.41, 5.74) is 5.96. The number of imidazole rings is 1. The summed E-state index contributed by atoms with van der Waals surface area (Å²) in [6, 6.07) is 14.6.